The largest absolute Gasteiger partial charge is 0.409 e. The van der Waals surface area contributed by atoms with Crippen LogP contribution in [0.4, 0.5) is 13.2 Å². The van der Waals surface area contributed by atoms with Crippen molar-refractivity contribution in [2.75, 3.05) is 6.54 Å². The zero-order valence-corrected chi connectivity index (χ0v) is 7.80. The van der Waals surface area contributed by atoms with Crippen LogP contribution in [0.15, 0.2) is 5.16 Å². The molecule has 0 aliphatic rings. The lowest BCUT2D eigenvalue weighted by molar-refractivity contribution is -0.126. The first-order chi connectivity index (χ1) is 6.39. The summed E-state index contributed by atoms with van der Waals surface area (Å²) in [6.07, 6.45) is -3.66. The van der Waals surface area contributed by atoms with Crippen LogP contribution in [0.25, 0.3) is 0 Å². The summed E-state index contributed by atoms with van der Waals surface area (Å²) >= 11 is 0. The van der Waals surface area contributed by atoms with Crippen LogP contribution in [0.2, 0.25) is 0 Å². The lowest BCUT2D eigenvalue weighted by atomic mass is 10.1. The highest BCUT2D eigenvalue weighted by atomic mass is 19.4. The molecule has 0 aliphatic heterocycles. The van der Waals surface area contributed by atoms with Crippen LogP contribution in [0, 0.1) is 0 Å². The molecule has 0 aromatic heterocycles. The van der Waals surface area contributed by atoms with Gasteiger partial charge in [-0.3, -0.25) is 0 Å². The molecule has 1 atom stereocenters. The van der Waals surface area contributed by atoms with Gasteiger partial charge in [0, 0.05) is 12.5 Å². The standard InChI is InChI=1S/C7H14F3N3O/c1-2-5(3-6(11)13-14)12-4-7(8,9)10/h5,12,14H,2-4H2,1H3,(H2,11,13). The first-order valence-electron chi connectivity index (χ1n) is 4.15. The molecular weight excluding hydrogens is 199 g/mol. The fourth-order valence-electron chi connectivity index (χ4n) is 0.914. The van der Waals surface area contributed by atoms with Gasteiger partial charge in [0.05, 0.1) is 6.54 Å². The molecule has 84 valence electrons. The Morgan fingerprint density at radius 2 is 2.14 bits per heavy atom. The summed E-state index contributed by atoms with van der Waals surface area (Å²) in [6.45, 7) is 0.656. The third kappa shape index (κ3) is 6.53. The molecule has 1 unspecified atom stereocenters. The van der Waals surface area contributed by atoms with Crippen LogP contribution in [0.1, 0.15) is 19.8 Å². The van der Waals surface area contributed by atoms with E-state index < -0.39 is 18.8 Å². The highest BCUT2D eigenvalue weighted by Gasteiger charge is 2.27. The van der Waals surface area contributed by atoms with Crippen molar-refractivity contribution in [1.82, 2.24) is 5.32 Å². The number of rotatable bonds is 5. The predicted molar refractivity (Wildman–Crippen MR) is 46.2 cm³/mol. The Bertz CT molecular complexity index is 193. The second kappa shape index (κ2) is 5.69. The fraction of sp³-hybridized carbons (Fsp3) is 0.857. The average molecular weight is 213 g/mol. The van der Waals surface area contributed by atoms with Gasteiger partial charge >= 0.3 is 6.18 Å². The van der Waals surface area contributed by atoms with Crippen molar-refractivity contribution in [1.29, 1.82) is 0 Å². The van der Waals surface area contributed by atoms with Crippen molar-refractivity contribution in [2.24, 2.45) is 10.9 Å². The van der Waals surface area contributed by atoms with Gasteiger partial charge in [-0.2, -0.15) is 13.2 Å². The Morgan fingerprint density at radius 1 is 1.57 bits per heavy atom. The Morgan fingerprint density at radius 3 is 2.50 bits per heavy atom. The van der Waals surface area contributed by atoms with E-state index in [0.29, 0.717) is 6.42 Å². The van der Waals surface area contributed by atoms with Gasteiger partial charge in [0.2, 0.25) is 0 Å². The van der Waals surface area contributed by atoms with Gasteiger partial charge < -0.3 is 16.3 Å². The highest BCUT2D eigenvalue weighted by Crippen LogP contribution is 2.13. The van der Waals surface area contributed by atoms with E-state index in [0.717, 1.165) is 0 Å². The number of nitrogens with two attached hydrogens (primary N) is 1. The van der Waals surface area contributed by atoms with Crippen molar-refractivity contribution in [2.45, 2.75) is 32.0 Å². The number of hydrogen-bond donors (Lipinski definition) is 3. The maximum atomic E-state index is 11.8. The molecule has 0 spiro atoms. The van der Waals surface area contributed by atoms with Gasteiger partial charge in [-0.1, -0.05) is 12.1 Å². The first-order valence-corrected chi connectivity index (χ1v) is 4.15. The molecule has 0 saturated heterocycles. The van der Waals surface area contributed by atoms with Crippen molar-refractivity contribution >= 4 is 5.84 Å². The van der Waals surface area contributed by atoms with E-state index in [9.17, 15) is 13.2 Å². The fourth-order valence-corrected chi connectivity index (χ4v) is 0.914. The topological polar surface area (TPSA) is 70.6 Å². The summed E-state index contributed by atoms with van der Waals surface area (Å²) in [7, 11) is 0. The van der Waals surface area contributed by atoms with E-state index in [-0.39, 0.29) is 12.3 Å². The number of halogens is 3. The molecule has 0 aromatic rings. The van der Waals surface area contributed by atoms with Gasteiger partial charge in [-0.25, -0.2) is 0 Å². The molecule has 0 aliphatic carbocycles. The van der Waals surface area contributed by atoms with Crippen molar-refractivity contribution in [3.05, 3.63) is 0 Å². The van der Waals surface area contributed by atoms with E-state index in [1.807, 2.05) is 0 Å². The molecule has 4 N–H and O–H groups in total. The number of amidine groups is 1. The van der Waals surface area contributed by atoms with E-state index in [4.69, 9.17) is 10.9 Å². The molecule has 14 heavy (non-hydrogen) atoms. The summed E-state index contributed by atoms with van der Waals surface area (Å²) in [4.78, 5) is 0. The lowest BCUT2D eigenvalue weighted by Crippen LogP contribution is -2.39. The van der Waals surface area contributed by atoms with Gasteiger partial charge in [-0.15, -0.1) is 0 Å². The highest BCUT2D eigenvalue weighted by molar-refractivity contribution is 5.80. The lowest BCUT2D eigenvalue weighted by Gasteiger charge is -2.17. The number of nitrogens with zero attached hydrogens (tertiary/aromatic N) is 1. The van der Waals surface area contributed by atoms with Gasteiger partial charge in [0.25, 0.3) is 0 Å². The number of nitrogens with one attached hydrogen (secondary N) is 1. The summed E-state index contributed by atoms with van der Waals surface area (Å²) in [5.74, 6) is -0.0773. The SMILES string of the molecule is CCC(CC(N)=NO)NCC(F)(F)F. The number of hydrogen-bond acceptors (Lipinski definition) is 3. The monoisotopic (exact) mass is 213 g/mol. The third-order valence-corrected chi connectivity index (χ3v) is 1.67. The van der Waals surface area contributed by atoms with Crippen LogP contribution in [0.5, 0.6) is 0 Å². The minimum absolute atomic E-state index is 0.0773. The maximum Gasteiger partial charge on any atom is 0.401 e. The molecule has 7 heteroatoms. The van der Waals surface area contributed by atoms with E-state index in [1.54, 1.807) is 6.92 Å². The van der Waals surface area contributed by atoms with Gasteiger partial charge in [-0.05, 0) is 6.42 Å². The van der Waals surface area contributed by atoms with Crippen LogP contribution in [0.3, 0.4) is 0 Å². The van der Waals surface area contributed by atoms with Gasteiger partial charge in [0.1, 0.15) is 5.84 Å². The molecule has 4 nitrogen and oxygen atoms in total. The molecule has 0 rings (SSSR count). The van der Waals surface area contributed by atoms with Crippen molar-refractivity contribution in [3.8, 4) is 0 Å². The van der Waals surface area contributed by atoms with Crippen LogP contribution >= 0.6 is 0 Å². The normalized spacial score (nSPS) is 15.6. The predicted octanol–water partition coefficient (Wildman–Crippen LogP) is 1.05. The molecule has 0 radical (unpaired) electrons. The smallest absolute Gasteiger partial charge is 0.401 e. The Balaban J connectivity index is 3.92. The zero-order valence-electron chi connectivity index (χ0n) is 7.80. The minimum Gasteiger partial charge on any atom is -0.409 e. The summed E-state index contributed by atoms with van der Waals surface area (Å²) in [6, 6.07) is -0.424. The average Bonchev–Trinajstić information content (AvgIpc) is 2.10. The molecule has 0 saturated carbocycles. The van der Waals surface area contributed by atoms with Crippen molar-refractivity contribution < 1.29 is 18.4 Å². The Kier molecular flexibility index (Phi) is 5.29. The second-order valence-corrected chi connectivity index (χ2v) is 2.90. The van der Waals surface area contributed by atoms with Crippen LogP contribution in [-0.4, -0.2) is 29.8 Å². The van der Waals surface area contributed by atoms with E-state index in [2.05, 4.69) is 10.5 Å². The van der Waals surface area contributed by atoms with Crippen molar-refractivity contribution in [3.63, 3.8) is 0 Å². The Hall–Kier alpha value is -0.980. The summed E-state index contributed by atoms with van der Waals surface area (Å²) in [5, 5.41) is 13.2. The van der Waals surface area contributed by atoms with E-state index >= 15 is 0 Å². The van der Waals surface area contributed by atoms with E-state index in [1.165, 1.54) is 0 Å². The third-order valence-electron chi connectivity index (χ3n) is 1.67. The molecule has 0 fully saturated rings. The molecule has 0 heterocycles. The molecule has 0 bridgehead atoms. The van der Waals surface area contributed by atoms with Crippen LogP contribution in [-0.2, 0) is 0 Å². The number of alkyl halides is 3. The van der Waals surface area contributed by atoms with Gasteiger partial charge in [0.15, 0.2) is 0 Å². The second-order valence-electron chi connectivity index (χ2n) is 2.90. The molecular formula is C7H14F3N3O. The Labute approximate surface area is 80.0 Å². The molecule has 0 amide bonds. The summed E-state index contributed by atoms with van der Waals surface area (Å²) < 4.78 is 35.4. The van der Waals surface area contributed by atoms with Crippen LogP contribution < -0.4 is 11.1 Å². The minimum atomic E-state index is -4.24. The zero-order chi connectivity index (χ0) is 11.2. The number of oxime groups is 1. The quantitative estimate of drug-likeness (QED) is 0.277. The maximum absolute atomic E-state index is 11.8. The summed E-state index contributed by atoms with van der Waals surface area (Å²) in [5.41, 5.74) is 5.17. The molecule has 0 aromatic carbocycles. The first kappa shape index (κ1) is 13.0.